The normalized spacial score (nSPS) is 20.1. The van der Waals surface area contributed by atoms with Crippen LogP contribution >= 0.6 is 11.6 Å². The third kappa shape index (κ3) is 3.42. The number of fused-ring (bicyclic) bond motifs is 1. The molecule has 0 spiro atoms. The van der Waals surface area contributed by atoms with Crippen molar-refractivity contribution in [1.82, 2.24) is 9.55 Å². The SMILES string of the molecule is N[C@@H]1CN(c2nc3cc(F)c(F)cc3n2Cc2ccc(Cl)cc2F)CC[C@H]1F. The molecular weight excluding hydrogens is 396 g/mol. The monoisotopic (exact) mass is 412 g/mol. The van der Waals surface area contributed by atoms with Gasteiger partial charge in [0, 0.05) is 35.8 Å². The first-order valence-electron chi connectivity index (χ1n) is 8.77. The molecule has 3 aromatic rings. The number of aromatic nitrogens is 2. The Kier molecular flexibility index (Phi) is 4.93. The van der Waals surface area contributed by atoms with E-state index < -0.39 is 29.7 Å². The van der Waals surface area contributed by atoms with E-state index in [1.807, 2.05) is 0 Å². The van der Waals surface area contributed by atoms with E-state index >= 15 is 0 Å². The molecule has 2 N–H and O–H groups in total. The summed E-state index contributed by atoms with van der Waals surface area (Å²) >= 11 is 5.81. The van der Waals surface area contributed by atoms with Crippen molar-refractivity contribution in [2.24, 2.45) is 5.73 Å². The van der Waals surface area contributed by atoms with Crippen LogP contribution in [0.4, 0.5) is 23.5 Å². The summed E-state index contributed by atoms with van der Waals surface area (Å²) in [4.78, 5) is 6.15. The van der Waals surface area contributed by atoms with E-state index in [-0.39, 0.29) is 30.0 Å². The van der Waals surface area contributed by atoms with Crippen molar-refractivity contribution in [3.05, 3.63) is 58.4 Å². The number of alkyl halides is 1. The Hall–Kier alpha value is -2.32. The Bertz CT molecular complexity index is 1040. The molecule has 1 saturated heterocycles. The van der Waals surface area contributed by atoms with Gasteiger partial charge in [-0.15, -0.1) is 0 Å². The van der Waals surface area contributed by atoms with Crippen molar-refractivity contribution in [2.45, 2.75) is 25.2 Å². The van der Waals surface area contributed by atoms with Crippen molar-refractivity contribution in [1.29, 1.82) is 0 Å². The number of benzene rings is 2. The molecule has 9 heteroatoms. The highest BCUT2D eigenvalue weighted by molar-refractivity contribution is 6.30. The van der Waals surface area contributed by atoms with E-state index in [9.17, 15) is 17.6 Å². The van der Waals surface area contributed by atoms with E-state index in [1.165, 1.54) is 12.1 Å². The van der Waals surface area contributed by atoms with Crippen LogP contribution in [0.5, 0.6) is 0 Å². The van der Waals surface area contributed by atoms with Gasteiger partial charge in [0.1, 0.15) is 12.0 Å². The van der Waals surface area contributed by atoms with E-state index in [0.29, 0.717) is 23.6 Å². The highest BCUT2D eigenvalue weighted by Crippen LogP contribution is 2.29. The van der Waals surface area contributed by atoms with E-state index in [4.69, 9.17) is 17.3 Å². The number of nitrogens with zero attached hydrogens (tertiary/aromatic N) is 3. The lowest BCUT2D eigenvalue weighted by atomic mass is 10.1. The van der Waals surface area contributed by atoms with Gasteiger partial charge in [-0.2, -0.15) is 0 Å². The van der Waals surface area contributed by atoms with Gasteiger partial charge in [0.05, 0.1) is 23.6 Å². The Morgan fingerprint density at radius 3 is 2.57 bits per heavy atom. The number of piperidine rings is 1. The minimum atomic E-state index is -1.13. The first-order chi connectivity index (χ1) is 13.3. The van der Waals surface area contributed by atoms with Crippen LogP contribution in [0.25, 0.3) is 11.0 Å². The quantitative estimate of drug-likeness (QED) is 0.661. The Morgan fingerprint density at radius 1 is 1.11 bits per heavy atom. The standard InChI is InChI=1S/C19H17ClF4N4/c20-11-2-1-10(13(22)5-11)8-28-18-7-15(24)14(23)6-17(18)26-19(28)27-4-3-12(21)16(25)9-27/h1-2,5-7,12,16H,3-4,8-9,25H2/t12-,16-/m1/s1. The number of anilines is 1. The minimum Gasteiger partial charge on any atom is -0.340 e. The molecule has 0 amide bonds. The van der Waals surface area contributed by atoms with E-state index in [0.717, 1.165) is 12.1 Å². The minimum absolute atomic E-state index is 0.0186. The third-order valence-corrected chi connectivity index (χ3v) is 5.20. The number of imidazole rings is 1. The summed E-state index contributed by atoms with van der Waals surface area (Å²) in [7, 11) is 0. The highest BCUT2D eigenvalue weighted by Gasteiger charge is 2.29. The second-order valence-corrected chi connectivity index (χ2v) is 7.34. The molecule has 4 rings (SSSR count). The summed E-state index contributed by atoms with van der Waals surface area (Å²) in [6.45, 7) is 0.551. The Labute approximate surface area is 163 Å². The highest BCUT2D eigenvalue weighted by atomic mass is 35.5. The predicted octanol–water partition coefficient (Wildman–Crippen LogP) is 4.03. The lowest BCUT2D eigenvalue weighted by Gasteiger charge is -2.34. The van der Waals surface area contributed by atoms with Crippen molar-refractivity contribution < 1.29 is 17.6 Å². The average molecular weight is 413 g/mol. The van der Waals surface area contributed by atoms with Crippen molar-refractivity contribution in [3.63, 3.8) is 0 Å². The second-order valence-electron chi connectivity index (χ2n) is 6.90. The second kappa shape index (κ2) is 7.25. The lowest BCUT2D eigenvalue weighted by molar-refractivity contribution is 0.243. The maximum Gasteiger partial charge on any atom is 0.206 e. The molecule has 0 unspecified atom stereocenters. The number of hydrogen-bond acceptors (Lipinski definition) is 3. The molecule has 4 nitrogen and oxygen atoms in total. The topological polar surface area (TPSA) is 47.1 Å². The van der Waals surface area contributed by atoms with Gasteiger partial charge >= 0.3 is 0 Å². The molecule has 0 aliphatic carbocycles. The molecule has 2 atom stereocenters. The summed E-state index contributed by atoms with van der Waals surface area (Å²) in [5.74, 6) is -2.23. The molecule has 0 bridgehead atoms. The average Bonchev–Trinajstić information content (AvgIpc) is 2.97. The van der Waals surface area contributed by atoms with Crippen molar-refractivity contribution in [3.8, 4) is 0 Å². The van der Waals surface area contributed by atoms with E-state index in [2.05, 4.69) is 4.98 Å². The Morgan fingerprint density at radius 2 is 1.86 bits per heavy atom. The molecule has 1 aromatic heterocycles. The smallest absolute Gasteiger partial charge is 0.206 e. The van der Waals surface area contributed by atoms with Crippen LogP contribution in [-0.4, -0.2) is 34.9 Å². The number of nitrogens with two attached hydrogens (primary N) is 1. The maximum absolute atomic E-state index is 14.3. The lowest BCUT2D eigenvalue weighted by Crippen LogP contribution is -2.50. The molecular formula is C19H17ClF4N4. The van der Waals surface area contributed by atoms with E-state index in [1.54, 1.807) is 15.5 Å². The summed E-state index contributed by atoms with van der Waals surface area (Å²) in [5.41, 5.74) is 6.67. The number of halogens is 5. The fraction of sp³-hybridized carbons (Fsp3) is 0.316. The van der Waals surface area contributed by atoms with Crippen LogP contribution in [0.2, 0.25) is 5.02 Å². The molecule has 1 aliphatic heterocycles. The summed E-state index contributed by atoms with van der Waals surface area (Å²) in [6.07, 6.45) is -0.916. The van der Waals surface area contributed by atoms with Crippen molar-refractivity contribution >= 4 is 28.6 Å². The fourth-order valence-electron chi connectivity index (χ4n) is 3.46. The first kappa shape index (κ1) is 19.0. The Balaban J connectivity index is 1.83. The molecule has 1 aliphatic rings. The van der Waals surface area contributed by atoms with Gasteiger partial charge in [0.15, 0.2) is 11.6 Å². The molecule has 1 fully saturated rings. The van der Waals surface area contributed by atoms with Crippen LogP contribution in [0.15, 0.2) is 30.3 Å². The zero-order chi connectivity index (χ0) is 20.0. The third-order valence-electron chi connectivity index (χ3n) is 4.97. The van der Waals surface area contributed by atoms with Gasteiger partial charge in [0.2, 0.25) is 5.95 Å². The molecule has 0 saturated carbocycles. The summed E-state index contributed by atoms with van der Waals surface area (Å²) in [5, 5.41) is 0.251. The van der Waals surface area contributed by atoms with Gasteiger partial charge < -0.3 is 15.2 Å². The van der Waals surface area contributed by atoms with Crippen LogP contribution in [-0.2, 0) is 6.54 Å². The summed E-state index contributed by atoms with van der Waals surface area (Å²) in [6, 6.07) is 5.56. The molecule has 28 heavy (non-hydrogen) atoms. The van der Waals surface area contributed by atoms with Gasteiger partial charge in [0.25, 0.3) is 0 Å². The molecule has 2 heterocycles. The maximum atomic E-state index is 14.3. The zero-order valence-corrected chi connectivity index (χ0v) is 15.4. The molecule has 148 valence electrons. The number of hydrogen-bond donors (Lipinski definition) is 1. The number of rotatable bonds is 3. The van der Waals surface area contributed by atoms with Crippen LogP contribution < -0.4 is 10.6 Å². The van der Waals surface area contributed by atoms with Crippen LogP contribution in [0, 0.1) is 17.5 Å². The van der Waals surface area contributed by atoms with Crippen LogP contribution in [0.1, 0.15) is 12.0 Å². The fourth-order valence-corrected chi connectivity index (χ4v) is 3.62. The zero-order valence-electron chi connectivity index (χ0n) is 14.7. The summed E-state index contributed by atoms with van der Waals surface area (Å²) < 4.78 is 57.3. The van der Waals surface area contributed by atoms with Crippen LogP contribution in [0.3, 0.4) is 0 Å². The van der Waals surface area contributed by atoms with Gasteiger partial charge in [-0.05, 0) is 18.6 Å². The molecule has 0 radical (unpaired) electrons. The van der Waals surface area contributed by atoms with Gasteiger partial charge in [-0.1, -0.05) is 17.7 Å². The first-order valence-corrected chi connectivity index (χ1v) is 9.15. The predicted molar refractivity (Wildman–Crippen MR) is 99.9 cm³/mol. The largest absolute Gasteiger partial charge is 0.340 e. The van der Waals surface area contributed by atoms with Gasteiger partial charge in [-0.3, -0.25) is 0 Å². The van der Waals surface area contributed by atoms with Gasteiger partial charge in [-0.25, -0.2) is 22.5 Å². The van der Waals surface area contributed by atoms with Crippen molar-refractivity contribution in [2.75, 3.05) is 18.0 Å². The molecule has 2 aromatic carbocycles.